The van der Waals surface area contributed by atoms with Crippen molar-refractivity contribution in [3.63, 3.8) is 0 Å². The number of rotatable bonds is 3. The van der Waals surface area contributed by atoms with Crippen molar-refractivity contribution in [2.24, 2.45) is 31.8 Å². The maximum Gasteiger partial charge on any atom is 0.328 e. The molecule has 2 amide bonds. The first-order valence-corrected chi connectivity index (χ1v) is 8.87. The predicted molar refractivity (Wildman–Crippen MR) is 98.6 cm³/mol. The first kappa shape index (κ1) is 16.6. The molecule has 1 fully saturated rings. The van der Waals surface area contributed by atoms with Crippen LogP contribution in [0.1, 0.15) is 12.8 Å². The molecule has 3 unspecified atom stereocenters. The van der Waals surface area contributed by atoms with E-state index in [0.29, 0.717) is 35.5 Å². The Morgan fingerprint density at radius 2 is 1.85 bits per heavy atom. The van der Waals surface area contributed by atoms with Crippen molar-refractivity contribution in [2.75, 3.05) is 11.9 Å². The highest BCUT2D eigenvalue weighted by Crippen LogP contribution is 2.42. The highest BCUT2D eigenvalue weighted by molar-refractivity contribution is 6.39. The fourth-order valence-electron chi connectivity index (χ4n) is 4.21. The van der Waals surface area contributed by atoms with Crippen molar-refractivity contribution in [1.82, 2.24) is 14.5 Å². The minimum absolute atomic E-state index is 0.138. The molecule has 2 aliphatic carbocycles. The number of benzene rings is 1. The summed E-state index contributed by atoms with van der Waals surface area (Å²) >= 11 is 0. The largest absolute Gasteiger partial charge is 0.348 e. The van der Waals surface area contributed by atoms with Crippen LogP contribution < -0.4 is 16.3 Å². The van der Waals surface area contributed by atoms with E-state index in [9.17, 15) is 14.4 Å². The Bertz CT molecular complexity index is 985. The molecule has 1 aromatic heterocycles. The Kier molecular flexibility index (Phi) is 3.94. The molecule has 7 nitrogen and oxygen atoms in total. The van der Waals surface area contributed by atoms with Gasteiger partial charge in [0, 0.05) is 26.3 Å². The van der Waals surface area contributed by atoms with Crippen LogP contribution in [-0.2, 0) is 23.7 Å². The van der Waals surface area contributed by atoms with Crippen molar-refractivity contribution in [1.29, 1.82) is 0 Å². The number of imidazole rings is 1. The van der Waals surface area contributed by atoms with Crippen LogP contribution in [0.3, 0.4) is 0 Å². The summed E-state index contributed by atoms with van der Waals surface area (Å²) in [7, 11) is 3.37. The number of amides is 2. The second-order valence-electron chi connectivity index (χ2n) is 7.31. The maximum atomic E-state index is 12.2. The van der Waals surface area contributed by atoms with Crippen LogP contribution in [0.4, 0.5) is 5.69 Å². The van der Waals surface area contributed by atoms with Crippen LogP contribution in [-0.4, -0.2) is 27.5 Å². The third-order valence-corrected chi connectivity index (χ3v) is 5.68. The summed E-state index contributed by atoms with van der Waals surface area (Å²) in [4.78, 5) is 36.2. The molecule has 3 atom stereocenters. The average Bonchev–Trinajstić information content (AvgIpc) is 3.31. The van der Waals surface area contributed by atoms with Gasteiger partial charge in [-0.25, -0.2) is 4.79 Å². The van der Waals surface area contributed by atoms with Gasteiger partial charge in [-0.1, -0.05) is 12.2 Å². The quantitative estimate of drug-likeness (QED) is 0.640. The number of aryl methyl sites for hydroxylation is 2. The molecular weight excluding hydrogens is 332 g/mol. The Balaban J connectivity index is 1.40. The first-order valence-electron chi connectivity index (χ1n) is 8.87. The molecule has 2 bridgehead atoms. The first-order chi connectivity index (χ1) is 12.4. The van der Waals surface area contributed by atoms with Gasteiger partial charge in [0.05, 0.1) is 11.0 Å². The number of hydrogen-bond acceptors (Lipinski definition) is 3. The highest BCUT2D eigenvalue weighted by Gasteiger charge is 2.35. The molecule has 1 aromatic carbocycles. The normalized spacial score (nSPS) is 23.5. The van der Waals surface area contributed by atoms with Crippen molar-refractivity contribution in [3.05, 3.63) is 40.8 Å². The Hall–Kier alpha value is -2.83. The number of aromatic nitrogens is 2. The summed E-state index contributed by atoms with van der Waals surface area (Å²) in [6, 6.07) is 5.14. The van der Waals surface area contributed by atoms with Gasteiger partial charge in [-0.05, 0) is 48.8 Å². The number of nitrogens with one attached hydrogen (secondary N) is 2. The van der Waals surface area contributed by atoms with E-state index in [0.717, 1.165) is 11.9 Å². The van der Waals surface area contributed by atoms with Gasteiger partial charge in [0.2, 0.25) is 0 Å². The highest BCUT2D eigenvalue weighted by atomic mass is 16.2. The number of fused-ring (bicyclic) bond motifs is 3. The van der Waals surface area contributed by atoms with Crippen LogP contribution in [0.15, 0.2) is 35.1 Å². The molecule has 136 valence electrons. The van der Waals surface area contributed by atoms with Crippen molar-refractivity contribution >= 4 is 28.5 Å². The summed E-state index contributed by atoms with van der Waals surface area (Å²) in [5, 5.41) is 5.36. The number of hydrogen-bond donors (Lipinski definition) is 2. The van der Waals surface area contributed by atoms with Crippen molar-refractivity contribution < 1.29 is 9.59 Å². The number of anilines is 1. The van der Waals surface area contributed by atoms with E-state index in [1.54, 1.807) is 32.3 Å². The number of carbonyl (C=O) groups is 2. The standard InChI is InChI=1S/C19H22N4O3/c1-22-15-6-5-14(9-16(15)23(2)19(22)26)21-18(25)17(24)20-10-13-8-11-3-4-12(13)7-11/h3-6,9,11-13H,7-8,10H2,1-2H3,(H,20,24)(H,21,25). The van der Waals surface area contributed by atoms with Gasteiger partial charge in [0.25, 0.3) is 0 Å². The van der Waals surface area contributed by atoms with Gasteiger partial charge < -0.3 is 10.6 Å². The lowest BCUT2D eigenvalue weighted by Crippen LogP contribution is -2.38. The average molecular weight is 354 g/mol. The molecular formula is C19H22N4O3. The lowest BCUT2D eigenvalue weighted by molar-refractivity contribution is -0.136. The van der Waals surface area contributed by atoms with E-state index in [2.05, 4.69) is 22.8 Å². The molecule has 0 spiro atoms. The molecule has 2 aromatic rings. The SMILES string of the molecule is Cn1c(=O)n(C)c2cc(NC(=O)C(=O)NCC3CC4C=CC3C4)ccc21. The zero-order valence-electron chi connectivity index (χ0n) is 14.9. The van der Waals surface area contributed by atoms with Crippen LogP contribution in [0.2, 0.25) is 0 Å². The van der Waals surface area contributed by atoms with Gasteiger partial charge in [0.15, 0.2) is 0 Å². The lowest BCUT2D eigenvalue weighted by atomic mass is 9.94. The molecule has 4 rings (SSSR count). The van der Waals surface area contributed by atoms with Gasteiger partial charge in [0.1, 0.15) is 0 Å². The van der Waals surface area contributed by atoms with E-state index in [1.165, 1.54) is 15.6 Å². The Labute approximate surface area is 150 Å². The van der Waals surface area contributed by atoms with Crippen LogP contribution >= 0.6 is 0 Å². The minimum Gasteiger partial charge on any atom is -0.348 e. The third-order valence-electron chi connectivity index (χ3n) is 5.68. The zero-order chi connectivity index (χ0) is 18.4. The molecule has 0 aliphatic heterocycles. The summed E-state index contributed by atoms with van der Waals surface area (Å²) in [6.45, 7) is 0.532. The van der Waals surface area contributed by atoms with Gasteiger partial charge in [-0.2, -0.15) is 0 Å². The van der Waals surface area contributed by atoms with Gasteiger partial charge in [-0.3, -0.25) is 18.7 Å². The van der Waals surface area contributed by atoms with Crippen molar-refractivity contribution in [2.45, 2.75) is 12.8 Å². The topological polar surface area (TPSA) is 85.1 Å². The van der Waals surface area contributed by atoms with Gasteiger partial charge in [-0.15, -0.1) is 0 Å². The van der Waals surface area contributed by atoms with Crippen molar-refractivity contribution in [3.8, 4) is 0 Å². The van der Waals surface area contributed by atoms with E-state index in [4.69, 9.17) is 0 Å². The summed E-state index contributed by atoms with van der Waals surface area (Å²) < 4.78 is 3.05. The van der Waals surface area contributed by atoms with E-state index in [1.807, 2.05) is 0 Å². The zero-order valence-corrected chi connectivity index (χ0v) is 14.9. The molecule has 7 heteroatoms. The van der Waals surface area contributed by atoms with E-state index >= 15 is 0 Å². The number of nitrogens with zero attached hydrogens (tertiary/aromatic N) is 2. The lowest BCUT2D eigenvalue weighted by Gasteiger charge is -2.18. The molecule has 2 aliphatic rings. The fraction of sp³-hybridized carbons (Fsp3) is 0.421. The number of carbonyl (C=O) groups excluding carboxylic acids is 2. The smallest absolute Gasteiger partial charge is 0.328 e. The van der Waals surface area contributed by atoms with Gasteiger partial charge >= 0.3 is 17.5 Å². The molecule has 0 saturated heterocycles. The van der Waals surface area contributed by atoms with Crippen LogP contribution in [0.5, 0.6) is 0 Å². The Morgan fingerprint density at radius 3 is 2.54 bits per heavy atom. The second kappa shape index (κ2) is 6.16. The molecule has 1 heterocycles. The van der Waals surface area contributed by atoms with E-state index < -0.39 is 11.8 Å². The molecule has 1 saturated carbocycles. The van der Waals surface area contributed by atoms with Crippen LogP contribution in [0, 0.1) is 17.8 Å². The van der Waals surface area contributed by atoms with E-state index in [-0.39, 0.29) is 5.69 Å². The number of allylic oxidation sites excluding steroid dienone is 2. The second-order valence-corrected chi connectivity index (χ2v) is 7.31. The summed E-state index contributed by atoms with van der Waals surface area (Å²) in [5.41, 5.74) is 1.82. The summed E-state index contributed by atoms with van der Waals surface area (Å²) in [5.74, 6) is 0.282. The molecule has 26 heavy (non-hydrogen) atoms. The molecule has 0 radical (unpaired) electrons. The third kappa shape index (κ3) is 2.73. The summed E-state index contributed by atoms with van der Waals surface area (Å²) in [6.07, 6.45) is 6.73. The monoisotopic (exact) mass is 354 g/mol. The maximum absolute atomic E-state index is 12.2. The minimum atomic E-state index is -0.691. The fourth-order valence-corrected chi connectivity index (χ4v) is 4.21. The predicted octanol–water partition coefficient (Wildman–Crippen LogP) is 1.14. The molecule has 2 N–H and O–H groups in total. The van der Waals surface area contributed by atoms with Crippen LogP contribution in [0.25, 0.3) is 11.0 Å². The Morgan fingerprint density at radius 1 is 1.08 bits per heavy atom.